The molecule has 1 fully saturated rings. The Labute approximate surface area is 116 Å². The molecule has 3 heteroatoms. The van der Waals surface area contributed by atoms with Gasteiger partial charge in [-0.25, -0.2) is 0 Å². The summed E-state index contributed by atoms with van der Waals surface area (Å²) < 4.78 is 0. The van der Waals surface area contributed by atoms with Gasteiger partial charge in [-0.2, -0.15) is 0 Å². The molecule has 2 radical (unpaired) electrons. The predicted molar refractivity (Wildman–Crippen MR) is 81.8 cm³/mol. The van der Waals surface area contributed by atoms with E-state index in [2.05, 4.69) is 48.5 Å². The van der Waals surface area contributed by atoms with E-state index in [1.54, 1.807) is 0 Å². The molecule has 1 aromatic carbocycles. The van der Waals surface area contributed by atoms with Gasteiger partial charge in [0.05, 0.1) is 7.85 Å². The van der Waals surface area contributed by atoms with Crippen molar-refractivity contribution in [3.63, 3.8) is 0 Å². The van der Waals surface area contributed by atoms with E-state index in [4.69, 9.17) is 7.85 Å². The number of H-pyrrole nitrogens is 1. The Bertz CT molecular complexity index is 579. The fourth-order valence-corrected chi connectivity index (χ4v) is 3.22. The van der Waals surface area contributed by atoms with Crippen molar-refractivity contribution in [2.75, 3.05) is 6.54 Å². The standard InChI is InChI=1S/C16H21BN2/c1-3-11-6-7-14-12(9-11)13(10-19-14)16(2,17)15-5-4-8-18-15/h6-7,9-10,15,18-19H,3-5,8H2,1-2H3/t15-,16?/m1/s1. The Morgan fingerprint density at radius 2 is 2.26 bits per heavy atom. The van der Waals surface area contributed by atoms with Crippen LogP contribution in [0.15, 0.2) is 24.4 Å². The first kappa shape index (κ1) is 12.8. The minimum atomic E-state index is -0.318. The van der Waals surface area contributed by atoms with Crippen LogP contribution in [0.1, 0.15) is 37.8 Å². The molecule has 2 N–H and O–H groups in total. The lowest BCUT2D eigenvalue weighted by Crippen LogP contribution is -2.43. The van der Waals surface area contributed by atoms with E-state index in [0.717, 1.165) is 19.4 Å². The van der Waals surface area contributed by atoms with E-state index in [9.17, 15) is 0 Å². The second-order valence-corrected chi connectivity index (χ2v) is 5.87. The molecule has 0 amide bonds. The summed E-state index contributed by atoms with van der Waals surface area (Å²) in [5, 5.41) is 4.50. The third-order valence-electron chi connectivity index (χ3n) is 4.52. The third kappa shape index (κ3) is 2.10. The zero-order valence-electron chi connectivity index (χ0n) is 11.8. The molecule has 0 bridgehead atoms. The maximum absolute atomic E-state index is 6.66. The summed E-state index contributed by atoms with van der Waals surface area (Å²) in [7, 11) is 6.66. The molecule has 19 heavy (non-hydrogen) atoms. The molecule has 1 aromatic heterocycles. The van der Waals surface area contributed by atoms with Crippen LogP contribution >= 0.6 is 0 Å². The van der Waals surface area contributed by atoms with E-state index in [0.29, 0.717) is 6.04 Å². The fourth-order valence-electron chi connectivity index (χ4n) is 3.22. The topological polar surface area (TPSA) is 27.8 Å². The van der Waals surface area contributed by atoms with E-state index < -0.39 is 0 Å². The van der Waals surface area contributed by atoms with Gasteiger partial charge in [0, 0.05) is 23.1 Å². The maximum Gasteiger partial charge on any atom is 0.0829 e. The number of aromatic amines is 1. The van der Waals surface area contributed by atoms with Crippen molar-refractivity contribution in [3.05, 3.63) is 35.5 Å². The summed E-state index contributed by atoms with van der Waals surface area (Å²) >= 11 is 0. The highest BCUT2D eigenvalue weighted by atomic mass is 15.0. The van der Waals surface area contributed by atoms with E-state index in [1.165, 1.54) is 28.5 Å². The number of hydrogen-bond donors (Lipinski definition) is 2. The van der Waals surface area contributed by atoms with Crippen LogP contribution in [0.3, 0.4) is 0 Å². The van der Waals surface area contributed by atoms with Crippen LogP contribution in [0.2, 0.25) is 0 Å². The molecule has 98 valence electrons. The van der Waals surface area contributed by atoms with Gasteiger partial charge in [0.25, 0.3) is 0 Å². The van der Waals surface area contributed by atoms with Gasteiger partial charge in [0.15, 0.2) is 0 Å². The largest absolute Gasteiger partial charge is 0.361 e. The van der Waals surface area contributed by atoms with Gasteiger partial charge in [0.2, 0.25) is 0 Å². The van der Waals surface area contributed by atoms with Gasteiger partial charge in [-0.05, 0) is 54.4 Å². The summed E-state index contributed by atoms with van der Waals surface area (Å²) in [4.78, 5) is 3.36. The molecule has 1 unspecified atom stereocenters. The quantitative estimate of drug-likeness (QED) is 0.808. The van der Waals surface area contributed by atoms with Gasteiger partial charge in [-0.3, -0.25) is 0 Å². The minimum Gasteiger partial charge on any atom is -0.361 e. The van der Waals surface area contributed by atoms with Crippen molar-refractivity contribution in [3.8, 4) is 0 Å². The molecular weight excluding hydrogens is 231 g/mol. The molecule has 1 aliphatic rings. The van der Waals surface area contributed by atoms with Gasteiger partial charge < -0.3 is 10.3 Å². The van der Waals surface area contributed by atoms with Crippen molar-refractivity contribution in [1.82, 2.24) is 10.3 Å². The van der Waals surface area contributed by atoms with Gasteiger partial charge >= 0.3 is 0 Å². The number of hydrogen-bond acceptors (Lipinski definition) is 1. The number of aryl methyl sites for hydroxylation is 1. The van der Waals surface area contributed by atoms with Crippen molar-refractivity contribution in [2.45, 2.75) is 44.5 Å². The highest BCUT2D eigenvalue weighted by Gasteiger charge is 2.34. The van der Waals surface area contributed by atoms with Gasteiger partial charge in [-0.1, -0.05) is 19.9 Å². The first-order valence-electron chi connectivity index (χ1n) is 7.25. The fraction of sp³-hybridized carbons (Fsp3) is 0.500. The van der Waals surface area contributed by atoms with Crippen molar-refractivity contribution < 1.29 is 0 Å². The molecule has 2 heterocycles. The van der Waals surface area contributed by atoms with Crippen molar-refractivity contribution >= 4 is 18.7 Å². The molecule has 1 aliphatic heterocycles. The average Bonchev–Trinajstić information content (AvgIpc) is 3.07. The predicted octanol–water partition coefficient (Wildman–Crippen LogP) is 2.87. The molecule has 3 rings (SSSR count). The van der Waals surface area contributed by atoms with E-state index >= 15 is 0 Å². The average molecular weight is 252 g/mol. The van der Waals surface area contributed by atoms with Crippen LogP contribution in [-0.2, 0) is 11.7 Å². The molecule has 2 aromatic rings. The van der Waals surface area contributed by atoms with Crippen molar-refractivity contribution in [1.29, 1.82) is 0 Å². The SMILES string of the molecule is [B]C(C)(c1c[nH]c2ccc(CC)cc12)[C@H]1CCCN1. The van der Waals surface area contributed by atoms with E-state index in [1.807, 2.05) is 0 Å². The normalized spacial score (nSPS) is 22.7. The monoisotopic (exact) mass is 252 g/mol. The van der Waals surface area contributed by atoms with Crippen LogP contribution in [0.5, 0.6) is 0 Å². The van der Waals surface area contributed by atoms with Gasteiger partial charge in [0.1, 0.15) is 0 Å². The smallest absolute Gasteiger partial charge is 0.0829 e. The number of fused-ring (bicyclic) bond motifs is 1. The maximum atomic E-state index is 6.66. The Morgan fingerprint density at radius 1 is 1.42 bits per heavy atom. The molecular formula is C16H21BN2. The Kier molecular flexibility index (Phi) is 3.18. The zero-order chi connectivity index (χ0) is 13.5. The molecule has 2 atom stereocenters. The minimum absolute atomic E-state index is 0.318. The Morgan fingerprint density at radius 3 is 2.95 bits per heavy atom. The third-order valence-corrected chi connectivity index (χ3v) is 4.52. The van der Waals surface area contributed by atoms with Crippen LogP contribution in [-0.4, -0.2) is 25.4 Å². The number of aromatic nitrogens is 1. The number of benzene rings is 1. The van der Waals surface area contributed by atoms with E-state index in [-0.39, 0.29) is 5.31 Å². The summed E-state index contributed by atoms with van der Waals surface area (Å²) in [6.07, 6.45) is 5.53. The van der Waals surface area contributed by atoms with Crippen LogP contribution in [0.25, 0.3) is 10.9 Å². The van der Waals surface area contributed by atoms with Crippen molar-refractivity contribution in [2.24, 2.45) is 0 Å². The number of rotatable bonds is 3. The van der Waals surface area contributed by atoms with Crippen LogP contribution in [0.4, 0.5) is 0 Å². The Hall–Kier alpha value is -1.22. The Balaban J connectivity index is 2.08. The molecule has 0 aliphatic carbocycles. The van der Waals surface area contributed by atoms with Gasteiger partial charge in [-0.15, -0.1) is 0 Å². The lowest BCUT2D eigenvalue weighted by atomic mass is 9.60. The summed E-state index contributed by atoms with van der Waals surface area (Å²) in [6, 6.07) is 7.00. The molecule has 0 saturated carbocycles. The number of nitrogens with one attached hydrogen (secondary N) is 2. The first-order chi connectivity index (χ1) is 9.13. The lowest BCUT2D eigenvalue weighted by molar-refractivity contribution is 0.469. The summed E-state index contributed by atoms with van der Waals surface area (Å²) in [6.45, 7) is 5.42. The first-order valence-corrected chi connectivity index (χ1v) is 7.25. The highest BCUT2D eigenvalue weighted by Crippen LogP contribution is 2.34. The summed E-state index contributed by atoms with van der Waals surface area (Å²) in [5.41, 5.74) is 3.78. The second-order valence-electron chi connectivity index (χ2n) is 5.87. The molecule has 0 spiro atoms. The second kappa shape index (κ2) is 4.71. The lowest BCUT2D eigenvalue weighted by Gasteiger charge is -2.32. The zero-order valence-corrected chi connectivity index (χ0v) is 11.8. The molecule has 2 nitrogen and oxygen atoms in total. The highest BCUT2D eigenvalue weighted by molar-refractivity contribution is 6.17. The summed E-state index contributed by atoms with van der Waals surface area (Å²) in [5.74, 6) is 0. The van der Waals surface area contributed by atoms with Crippen LogP contribution < -0.4 is 5.32 Å². The van der Waals surface area contributed by atoms with Crippen LogP contribution in [0, 0.1) is 0 Å². The molecule has 1 saturated heterocycles.